The van der Waals surface area contributed by atoms with Crippen molar-refractivity contribution < 1.29 is 14.7 Å². The van der Waals surface area contributed by atoms with E-state index in [0.29, 0.717) is 5.56 Å². The van der Waals surface area contributed by atoms with E-state index >= 15 is 0 Å². The highest BCUT2D eigenvalue weighted by molar-refractivity contribution is 5.95. The molecule has 0 spiro atoms. The number of carbonyl (C=O) groups is 2. The lowest BCUT2D eigenvalue weighted by molar-refractivity contribution is -0.139. The van der Waals surface area contributed by atoms with E-state index in [9.17, 15) is 14.7 Å². The third kappa shape index (κ3) is 3.00. The van der Waals surface area contributed by atoms with Crippen LogP contribution in [0.15, 0.2) is 24.3 Å². The fourth-order valence-electron chi connectivity index (χ4n) is 2.24. The number of aromatic nitrogens is 2. The van der Waals surface area contributed by atoms with Crippen molar-refractivity contribution in [3.8, 4) is 0 Å². The zero-order valence-corrected chi connectivity index (χ0v) is 13.0. The van der Waals surface area contributed by atoms with E-state index < -0.39 is 17.9 Å². The summed E-state index contributed by atoms with van der Waals surface area (Å²) in [6.07, 6.45) is 0. The van der Waals surface area contributed by atoms with Crippen molar-refractivity contribution in [2.45, 2.75) is 26.8 Å². The number of carboxylic acid groups (broad SMARTS) is 1. The van der Waals surface area contributed by atoms with Crippen molar-refractivity contribution in [2.24, 2.45) is 7.05 Å². The molecule has 1 aromatic carbocycles. The summed E-state index contributed by atoms with van der Waals surface area (Å²) in [5.41, 5.74) is 3.44. The molecule has 6 heteroatoms. The van der Waals surface area contributed by atoms with E-state index in [0.717, 1.165) is 16.8 Å². The monoisotopic (exact) mass is 301 g/mol. The van der Waals surface area contributed by atoms with E-state index in [1.807, 2.05) is 26.8 Å². The molecule has 2 rings (SSSR count). The number of amides is 1. The number of benzene rings is 1. The quantitative estimate of drug-likeness (QED) is 0.903. The van der Waals surface area contributed by atoms with Crippen LogP contribution in [0, 0.1) is 20.8 Å². The van der Waals surface area contributed by atoms with Gasteiger partial charge in [-0.15, -0.1) is 0 Å². The molecule has 0 radical (unpaired) electrons. The van der Waals surface area contributed by atoms with E-state index in [1.165, 1.54) is 0 Å². The Kier molecular flexibility index (Phi) is 4.30. The van der Waals surface area contributed by atoms with Gasteiger partial charge in [-0.1, -0.05) is 18.2 Å². The molecule has 1 amide bonds. The minimum absolute atomic E-state index is 0.205. The van der Waals surface area contributed by atoms with Gasteiger partial charge in [0.05, 0.1) is 0 Å². The van der Waals surface area contributed by atoms with E-state index in [4.69, 9.17) is 0 Å². The van der Waals surface area contributed by atoms with Crippen LogP contribution in [-0.4, -0.2) is 26.8 Å². The molecule has 1 atom stereocenters. The summed E-state index contributed by atoms with van der Waals surface area (Å²) >= 11 is 0. The average molecular weight is 301 g/mol. The largest absolute Gasteiger partial charge is 0.479 e. The van der Waals surface area contributed by atoms with Crippen molar-refractivity contribution in [3.63, 3.8) is 0 Å². The first-order chi connectivity index (χ1) is 10.3. The summed E-state index contributed by atoms with van der Waals surface area (Å²) in [4.78, 5) is 23.8. The van der Waals surface area contributed by atoms with Crippen LogP contribution in [0.2, 0.25) is 0 Å². The molecule has 1 unspecified atom stereocenters. The lowest BCUT2D eigenvalue weighted by Crippen LogP contribution is -2.34. The van der Waals surface area contributed by atoms with Crippen LogP contribution in [-0.2, 0) is 11.8 Å². The van der Waals surface area contributed by atoms with Crippen molar-refractivity contribution in [3.05, 3.63) is 52.3 Å². The predicted molar refractivity (Wildman–Crippen MR) is 81.7 cm³/mol. The number of hydrogen-bond acceptors (Lipinski definition) is 3. The minimum Gasteiger partial charge on any atom is -0.479 e. The lowest BCUT2D eigenvalue weighted by atomic mass is 9.97. The smallest absolute Gasteiger partial charge is 0.330 e. The second-order valence-corrected chi connectivity index (χ2v) is 5.33. The van der Waals surface area contributed by atoms with Gasteiger partial charge in [-0.2, -0.15) is 5.10 Å². The fourth-order valence-corrected chi connectivity index (χ4v) is 2.24. The molecule has 0 aliphatic heterocycles. The molecule has 2 aromatic rings. The number of carbonyl (C=O) groups excluding carboxylic acids is 1. The van der Waals surface area contributed by atoms with E-state index in [1.54, 1.807) is 29.9 Å². The van der Waals surface area contributed by atoms with Crippen molar-refractivity contribution in [1.82, 2.24) is 15.1 Å². The van der Waals surface area contributed by atoms with Crippen LogP contribution < -0.4 is 5.32 Å². The van der Waals surface area contributed by atoms with Gasteiger partial charge in [-0.25, -0.2) is 4.79 Å². The van der Waals surface area contributed by atoms with Crippen LogP contribution in [0.5, 0.6) is 0 Å². The summed E-state index contributed by atoms with van der Waals surface area (Å²) in [5.74, 6) is -1.60. The van der Waals surface area contributed by atoms with Gasteiger partial charge in [0.1, 0.15) is 5.69 Å². The molecular formula is C16H19N3O3. The number of hydrogen-bond donors (Lipinski definition) is 2. The second-order valence-electron chi connectivity index (χ2n) is 5.33. The zero-order valence-electron chi connectivity index (χ0n) is 13.0. The molecule has 6 nitrogen and oxygen atoms in total. The van der Waals surface area contributed by atoms with Crippen LogP contribution in [0.3, 0.4) is 0 Å². The summed E-state index contributed by atoms with van der Waals surface area (Å²) in [5, 5.41) is 16.1. The van der Waals surface area contributed by atoms with Crippen LogP contribution in [0.25, 0.3) is 0 Å². The number of rotatable bonds is 4. The third-order valence-electron chi connectivity index (χ3n) is 3.83. The number of nitrogens with one attached hydrogen (secondary N) is 1. The molecule has 2 N–H and O–H groups in total. The molecule has 1 heterocycles. The van der Waals surface area contributed by atoms with Gasteiger partial charge in [-0.3, -0.25) is 9.48 Å². The molecule has 0 aliphatic carbocycles. The Morgan fingerprint density at radius 1 is 1.27 bits per heavy atom. The highest BCUT2D eigenvalue weighted by atomic mass is 16.4. The molecule has 0 saturated carbocycles. The molecule has 22 heavy (non-hydrogen) atoms. The second kappa shape index (κ2) is 6.01. The molecule has 0 aliphatic rings. The van der Waals surface area contributed by atoms with Crippen molar-refractivity contribution >= 4 is 11.9 Å². The highest BCUT2D eigenvalue weighted by Crippen LogP contribution is 2.21. The van der Waals surface area contributed by atoms with Gasteiger partial charge in [0.15, 0.2) is 6.04 Å². The summed E-state index contributed by atoms with van der Waals surface area (Å²) in [7, 11) is 1.73. The molecule has 116 valence electrons. The summed E-state index contributed by atoms with van der Waals surface area (Å²) in [6, 6.07) is 5.92. The van der Waals surface area contributed by atoms with Gasteiger partial charge < -0.3 is 10.4 Å². The van der Waals surface area contributed by atoms with E-state index in [-0.39, 0.29) is 5.69 Å². The normalized spacial score (nSPS) is 12.0. The van der Waals surface area contributed by atoms with Gasteiger partial charge in [0.2, 0.25) is 0 Å². The number of nitrogens with zero attached hydrogens (tertiary/aromatic N) is 2. The maximum absolute atomic E-state index is 12.2. The highest BCUT2D eigenvalue weighted by Gasteiger charge is 2.25. The first-order valence-corrected chi connectivity index (χ1v) is 6.91. The average Bonchev–Trinajstić information content (AvgIpc) is 2.79. The fraction of sp³-hybridized carbons (Fsp3) is 0.312. The Balaban J connectivity index is 2.31. The van der Waals surface area contributed by atoms with Gasteiger partial charge >= 0.3 is 5.97 Å². The molecule has 0 fully saturated rings. The summed E-state index contributed by atoms with van der Waals surface area (Å²) < 4.78 is 1.57. The maximum atomic E-state index is 12.2. The van der Waals surface area contributed by atoms with Crippen molar-refractivity contribution in [2.75, 3.05) is 0 Å². The van der Waals surface area contributed by atoms with Gasteiger partial charge in [-0.05, 0) is 43.5 Å². The Morgan fingerprint density at radius 3 is 2.50 bits per heavy atom. The Labute approximate surface area is 128 Å². The lowest BCUT2D eigenvalue weighted by Gasteiger charge is -2.17. The Bertz CT molecular complexity index is 715. The van der Waals surface area contributed by atoms with Crippen molar-refractivity contribution in [1.29, 1.82) is 0 Å². The molecule has 0 saturated heterocycles. The summed E-state index contributed by atoms with van der Waals surface area (Å²) in [6.45, 7) is 5.57. The maximum Gasteiger partial charge on any atom is 0.330 e. The first-order valence-electron chi connectivity index (χ1n) is 6.91. The molecule has 1 aromatic heterocycles. The number of aryl methyl sites for hydroxylation is 3. The minimum atomic E-state index is -1.10. The van der Waals surface area contributed by atoms with Crippen LogP contribution in [0.4, 0.5) is 0 Å². The van der Waals surface area contributed by atoms with Gasteiger partial charge in [0, 0.05) is 12.7 Å². The molecule has 0 bridgehead atoms. The first kappa shape index (κ1) is 15.8. The Hall–Kier alpha value is -2.63. The number of aliphatic carboxylic acids is 1. The topological polar surface area (TPSA) is 84.2 Å². The Morgan fingerprint density at radius 2 is 1.95 bits per heavy atom. The van der Waals surface area contributed by atoms with Gasteiger partial charge in [0.25, 0.3) is 5.91 Å². The zero-order chi connectivity index (χ0) is 16.4. The van der Waals surface area contributed by atoms with Crippen LogP contribution >= 0.6 is 0 Å². The molecular weight excluding hydrogens is 282 g/mol. The van der Waals surface area contributed by atoms with Crippen LogP contribution in [0.1, 0.15) is 38.9 Å². The SMILES string of the molecule is Cc1cccc(C(NC(=O)c2cc(C)n(C)n2)C(=O)O)c1C. The standard InChI is InChI=1S/C16H19N3O3/c1-9-6-5-7-12(11(9)3)14(16(21)22)17-15(20)13-8-10(2)19(4)18-13/h5-8,14H,1-4H3,(H,17,20)(H,21,22). The number of carboxylic acids is 1. The van der Waals surface area contributed by atoms with E-state index in [2.05, 4.69) is 10.4 Å². The predicted octanol–water partition coefficient (Wildman–Crippen LogP) is 1.90. The third-order valence-corrected chi connectivity index (χ3v) is 3.83.